The highest BCUT2D eigenvalue weighted by Gasteiger charge is 2.03. The highest BCUT2D eigenvalue weighted by atomic mass is 19.1. The predicted molar refractivity (Wildman–Crippen MR) is 80.9 cm³/mol. The van der Waals surface area contributed by atoms with Crippen LogP contribution in [0, 0.1) is 12.7 Å². The summed E-state index contributed by atoms with van der Waals surface area (Å²) in [7, 11) is 0. The quantitative estimate of drug-likeness (QED) is 0.817. The van der Waals surface area contributed by atoms with E-state index in [1.165, 1.54) is 29.8 Å². The zero-order valence-corrected chi connectivity index (χ0v) is 11.9. The van der Waals surface area contributed by atoms with Crippen LogP contribution in [-0.4, -0.2) is 12.5 Å². The predicted octanol–water partition coefficient (Wildman–Crippen LogP) is 3.93. The van der Waals surface area contributed by atoms with E-state index < -0.39 is 0 Å². The lowest BCUT2D eigenvalue weighted by molar-refractivity contribution is -0.116. The molecule has 4 heteroatoms. The number of ether oxygens (including phenoxy) is 1. The van der Waals surface area contributed by atoms with Crippen molar-refractivity contribution in [2.45, 2.75) is 19.8 Å². The van der Waals surface area contributed by atoms with Gasteiger partial charge in [0.15, 0.2) is 0 Å². The molecule has 2 aromatic carbocycles. The maximum absolute atomic E-state index is 12.7. The van der Waals surface area contributed by atoms with Crippen molar-refractivity contribution in [2.75, 3.05) is 11.9 Å². The van der Waals surface area contributed by atoms with Crippen LogP contribution in [0.4, 0.5) is 10.1 Å². The second kappa shape index (κ2) is 7.43. The van der Waals surface area contributed by atoms with E-state index in [0.717, 1.165) is 5.75 Å². The standard InChI is InChI=1S/C17H18FNO2/c1-13-4-10-16(11-5-13)21-12-2-3-17(20)19-15-8-6-14(18)7-9-15/h4-11H,2-3,12H2,1H3,(H,19,20). The van der Waals surface area contributed by atoms with E-state index in [9.17, 15) is 9.18 Å². The number of nitrogens with one attached hydrogen (secondary N) is 1. The Hall–Kier alpha value is -2.36. The average molecular weight is 287 g/mol. The van der Waals surface area contributed by atoms with E-state index in [0.29, 0.717) is 25.1 Å². The van der Waals surface area contributed by atoms with Crippen LogP contribution in [-0.2, 0) is 4.79 Å². The second-order valence-corrected chi connectivity index (χ2v) is 4.82. The number of amides is 1. The summed E-state index contributed by atoms with van der Waals surface area (Å²) < 4.78 is 18.3. The van der Waals surface area contributed by atoms with Crippen molar-refractivity contribution in [1.29, 1.82) is 0 Å². The second-order valence-electron chi connectivity index (χ2n) is 4.82. The molecule has 1 N–H and O–H groups in total. The van der Waals surface area contributed by atoms with Gasteiger partial charge in [0.1, 0.15) is 11.6 Å². The molecule has 0 aliphatic heterocycles. The van der Waals surface area contributed by atoms with Crippen molar-refractivity contribution in [1.82, 2.24) is 0 Å². The minimum absolute atomic E-state index is 0.103. The topological polar surface area (TPSA) is 38.3 Å². The summed E-state index contributed by atoms with van der Waals surface area (Å²) in [6.45, 7) is 2.50. The van der Waals surface area contributed by atoms with Crippen LogP contribution in [0.15, 0.2) is 48.5 Å². The van der Waals surface area contributed by atoms with Gasteiger partial charge in [-0.15, -0.1) is 0 Å². The third-order valence-electron chi connectivity index (χ3n) is 2.97. The van der Waals surface area contributed by atoms with E-state index in [-0.39, 0.29) is 11.7 Å². The zero-order chi connectivity index (χ0) is 15.1. The molecule has 1 amide bonds. The van der Waals surface area contributed by atoms with Gasteiger partial charge >= 0.3 is 0 Å². The summed E-state index contributed by atoms with van der Waals surface area (Å²) in [6, 6.07) is 13.5. The van der Waals surface area contributed by atoms with Crippen molar-refractivity contribution in [3.05, 3.63) is 59.9 Å². The molecule has 0 fully saturated rings. The van der Waals surface area contributed by atoms with Gasteiger partial charge in [-0.25, -0.2) is 4.39 Å². The monoisotopic (exact) mass is 287 g/mol. The van der Waals surface area contributed by atoms with E-state index >= 15 is 0 Å². The Kier molecular flexibility index (Phi) is 5.32. The number of aryl methyl sites for hydroxylation is 1. The number of carbonyl (C=O) groups excluding carboxylic acids is 1. The van der Waals surface area contributed by atoms with Crippen LogP contribution < -0.4 is 10.1 Å². The Balaban J connectivity index is 1.67. The van der Waals surface area contributed by atoms with Gasteiger partial charge in [0.2, 0.25) is 5.91 Å². The Labute approximate surface area is 123 Å². The molecule has 0 heterocycles. The molecule has 0 radical (unpaired) electrons. The largest absolute Gasteiger partial charge is 0.494 e. The third kappa shape index (κ3) is 5.26. The first-order chi connectivity index (χ1) is 10.1. The minimum Gasteiger partial charge on any atom is -0.494 e. The van der Waals surface area contributed by atoms with Crippen LogP contribution in [0.5, 0.6) is 5.75 Å². The lowest BCUT2D eigenvalue weighted by Gasteiger charge is -2.07. The number of anilines is 1. The summed E-state index contributed by atoms with van der Waals surface area (Å²) in [5, 5.41) is 2.71. The lowest BCUT2D eigenvalue weighted by Crippen LogP contribution is -2.12. The van der Waals surface area contributed by atoms with Gasteiger partial charge in [-0.05, 0) is 49.7 Å². The van der Waals surface area contributed by atoms with Crippen LogP contribution in [0.1, 0.15) is 18.4 Å². The molecule has 21 heavy (non-hydrogen) atoms. The molecule has 110 valence electrons. The van der Waals surface area contributed by atoms with Crippen molar-refractivity contribution in [3.8, 4) is 5.75 Å². The Morgan fingerprint density at radius 3 is 2.43 bits per heavy atom. The SMILES string of the molecule is Cc1ccc(OCCCC(=O)Nc2ccc(F)cc2)cc1. The first-order valence-electron chi connectivity index (χ1n) is 6.88. The fourth-order valence-corrected chi connectivity index (χ4v) is 1.81. The molecule has 0 bridgehead atoms. The average Bonchev–Trinajstić information content (AvgIpc) is 2.48. The lowest BCUT2D eigenvalue weighted by atomic mass is 10.2. The van der Waals surface area contributed by atoms with Crippen LogP contribution in [0.2, 0.25) is 0 Å². The Bertz CT molecular complexity index is 579. The first-order valence-corrected chi connectivity index (χ1v) is 6.88. The molecule has 2 rings (SSSR count). The molecule has 0 unspecified atom stereocenters. The number of rotatable bonds is 6. The number of benzene rings is 2. The van der Waals surface area contributed by atoms with Gasteiger partial charge in [-0.2, -0.15) is 0 Å². The molecule has 0 aliphatic rings. The molecular formula is C17H18FNO2. The number of carbonyl (C=O) groups is 1. The van der Waals surface area contributed by atoms with Gasteiger partial charge in [-0.1, -0.05) is 17.7 Å². The highest BCUT2D eigenvalue weighted by molar-refractivity contribution is 5.90. The molecule has 3 nitrogen and oxygen atoms in total. The van der Waals surface area contributed by atoms with Crippen LogP contribution in [0.3, 0.4) is 0 Å². The highest BCUT2D eigenvalue weighted by Crippen LogP contribution is 2.12. The Morgan fingerprint density at radius 2 is 1.76 bits per heavy atom. The molecule has 0 aliphatic carbocycles. The van der Waals surface area contributed by atoms with Gasteiger partial charge in [0.25, 0.3) is 0 Å². The fourth-order valence-electron chi connectivity index (χ4n) is 1.81. The molecule has 0 spiro atoms. The molecular weight excluding hydrogens is 269 g/mol. The number of halogens is 1. The first kappa shape index (κ1) is 15.0. The van der Waals surface area contributed by atoms with Gasteiger partial charge < -0.3 is 10.1 Å². The summed E-state index contributed by atoms with van der Waals surface area (Å²) in [4.78, 5) is 11.7. The fraction of sp³-hybridized carbons (Fsp3) is 0.235. The van der Waals surface area contributed by atoms with E-state index in [1.54, 1.807) is 0 Å². The summed E-state index contributed by atoms with van der Waals surface area (Å²) in [5.74, 6) is 0.383. The van der Waals surface area contributed by atoms with Crippen LogP contribution in [0.25, 0.3) is 0 Å². The van der Waals surface area contributed by atoms with Gasteiger partial charge in [0, 0.05) is 12.1 Å². The molecule has 2 aromatic rings. The summed E-state index contributed by atoms with van der Waals surface area (Å²) >= 11 is 0. The zero-order valence-electron chi connectivity index (χ0n) is 11.9. The molecule has 0 atom stereocenters. The number of hydrogen-bond acceptors (Lipinski definition) is 2. The van der Waals surface area contributed by atoms with Crippen molar-refractivity contribution >= 4 is 11.6 Å². The minimum atomic E-state index is -0.320. The van der Waals surface area contributed by atoms with E-state index in [1.807, 2.05) is 31.2 Å². The maximum atomic E-state index is 12.7. The van der Waals surface area contributed by atoms with Crippen molar-refractivity contribution in [2.24, 2.45) is 0 Å². The van der Waals surface area contributed by atoms with Crippen molar-refractivity contribution in [3.63, 3.8) is 0 Å². The van der Waals surface area contributed by atoms with Crippen molar-refractivity contribution < 1.29 is 13.9 Å². The van der Waals surface area contributed by atoms with E-state index in [2.05, 4.69) is 5.32 Å². The smallest absolute Gasteiger partial charge is 0.224 e. The van der Waals surface area contributed by atoms with Crippen LogP contribution >= 0.6 is 0 Å². The molecule has 0 saturated carbocycles. The molecule has 0 saturated heterocycles. The third-order valence-corrected chi connectivity index (χ3v) is 2.97. The normalized spacial score (nSPS) is 10.2. The Morgan fingerprint density at radius 1 is 1.10 bits per heavy atom. The molecule has 0 aromatic heterocycles. The van der Waals surface area contributed by atoms with E-state index in [4.69, 9.17) is 4.74 Å². The maximum Gasteiger partial charge on any atom is 0.224 e. The van der Waals surface area contributed by atoms with Gasteiger partial charge in [0.05, 0.1) is 6.61 Å². The summed E-state index contributed by atoms with van der Waals surface area (Å²) in [5.41, 5.74) is 1.78. The number of hydrogen-bond donors (Lipinski definition) is 1. The van der Waals surface area contributed by atoms with Gasteiger partial charge in [-0.3, -0.25) is 4.79 Å². The summed E-state index contributed by atoms with van der Waals surface area (Å²) in [6.07, 6.45) is 0.990.